The molecule has 0 spiro atoms. The summed E-state index contributed by atoms with van der Waals surface area (Å²) in [6.45, 7) is 4.16. The number of aromatic nitrogens is 2. The van der Waals surface area contributed by atoms with Crippen molar-refractivity contribution in [2.45, 2.75) is 19.8 Å². The molecule has 134 valence electrons. The highest BCUT2D eigenvalue weighted by Gasteiger charge is 2.13. The van der Waals surface area contributed by atoms with Crippen LogP contribution in [0, 0.1) is 11.3 Å². The van der Waals surface area contributed by atoms with Gasteiger partial charge in [-0.15, -0.1) is 0 Å². The molecule has 0 radical (unpaired) electrons. The van der Waals surface area contributed by atoms with Crippen molar-refractivity contribution in [3.05, 3.63) is 77.7 Å². The molecule has 0 aliphatic carbocycles. The molecule has 27 heavy (non-hydrogen) atoms. The van der Waals surface area contributed by atoms with Crippen LogP contribution in [-0.4, -0.2) is 15.9 Å². The van der Waals surface area contributed by atoms with Crippen molar-refractivity contribution in [1.29, 1.82) is 5.26 Å². The maximum absolute atomic E-state index is 12.6. The predicted molar refractivity (Wildman–Crippen MR) is 105 cm³/mol. The third kappa shape index (κ3) is 4.47. The zero-order valence-corrected chi connectivity index (χ0v) is 15.1. The molecule has 0 unspecified atom stereocenters. The summed E-state index contributed by atoms with van der Waals surface area (Å²) in [6, 6.07) is 18.4. The van der Waals surface area contributed by atoms with E-state index in [-0.39, 0.29) is 11.6 Å². The number of rotatable bonds is 5. The molecule has 1 aromatic heterocycles. The number of carbonyl (C=O) groups is 1. The van der Waals surface area contributed by atoms with Crippen LogP contribution in [0.1, 0.15) is 41.4 Å². The van der Waals surface area contributed by atoms with Crippen molar-refractivity contribution in [3.8, 4) is 6.07 Å². The molecule has 1 heterocycles. The normalized spacial score (nSPS) is 10.3. The lowest BCUT2D eigenvalue weighted by Crippen LogP contribution is -2.15. The van der Waals surface area contributed by atoms with E-state index in [1.54, 1.807) is 30.3 Å². The molecule has 0 bridgehead atoms. The fourth-order valence-electron chi connectivity index (χ4n) is 2.63. The molecule has 0 aliphatic rings. The first-order valence-electron chi connectivity index (χ1n) is 8.56. The summed E-state index contributed by atoms with van der Waals surface area (Å²) in [5.41, 5.74) is 3.45. The Morgan fingerprint density at radius 3 is 2.52 bits per heavy atom. The third-order valence-corrected chi connectivity index (χ3v) is 4.02. The van der Waals surface area contributed by atoms with Crippen LogP contribution in [-0.2, 0) is 0 Å². The number of carbonyl (C=O) groups excluding carboxylic acids is 1. The average Bonchev–Trinajstić information content (AvgIpc) is 2.69. The van der Waals surface area contributed by atoms with Crippen LogP contribution in [0.4, 0.5) is 17.2 Å². The summed E-state index contributed by atoms with van der Waals surface area (Å²) in [4.78, 5) is 20.8. The lowest BCUT2D eigenvalue weighted by Gasteiger charge is -2.13. The zero-order chi connectivity index (χ0) is 19.2. The highest BCUT2D eigenvalue weighted by molar-refractivity contribution is 6.03. The molecule has 0 aliphatic heterocycles. The van der Waals surface area contributed by atoms with Gasteiger partial charge in [-0.1, -0.05) is 32.0 Å². The topological polar surface area (TPSA) is 90.7 Å². The number of anilines is 3. The van der Waals surface area contributed by atoms with E-state index in [0.29, 0.717) is 17.3 Å². The zero-order valence-electron chi connectivity index (χ0n) is 15.1. The SMILES string of the molecule is CC(C)c1ccccc1NC(=O)c1cc(Nc2ccc(C#N)cc2)ncn1. The van der Waals surface area contributed by atoms with Gasteiger partial charge < -0.3 is 10.6 Å². The smallest absolute Gasteiger partial charge is 0.274 e. The van der Waals surface area contributed by atoms with Crippen molar-refractivity contribution >= 4 is 23.1 Å². The van der Waals surface area contributed by atoms with Crippen LogP contribution in [0.2, 0.25) is 0 Å². The van der Waals surface area contributed by atoms with Gasteiger partial charge in [-0.05, 0) is 41.8 Å². The second-order valence-corrected chi connectivity index (χ2v) is 6.30. The van der Waals surface area contributed by atoms with E-state index < -0.39 is 0 Å². The van der Waals surface area contributed by atoms with Crippen molar-refractivity contribution in [2.24, 2.45) is 0 Å². The van der Waals surface area contributed by atoms with E-state index in [1.165, 1.54) is 6.33 Å². The Bertz CT molecular complexity index is 990. The summed E-state index contributed by atoms with van der Waals surface area (Å²) >= 11 is 0. The Labute approximate surface area is 157 Å². The molecule has 2 N–H and O–H groups in total. The van der Waals surface area contributed by atoms with Crippen LogP contribution in [0.15, 0.2) is 60.9 Å². The summed E-state index contributed by atoms with van der Waals surface area (Å²) in [7, 11) is 0. The van der Waals surface area contributed by atoms with Crippen LogP contribution in [0.3, 0.4) is 0 Å². The Balaban J connectivity index is 1.77. The third-order valence-electron chi connectivity index (χ3n) is 4.02. The van der Waals surface area contributed by atoms with Crippen LogP contribution in [0.25, 0.3) is 0 Å². The van der Waals surface area contributed by atoms with E-state index in [0.717, 1.165) is 16.9 Å². The van der Waals surface area contributed by atoms with Crippen LogP contribution in [0.5, 0.6) is 0 Å². The number of para-hydroxylation sites is 1. The minimum atomic E-state index is -0.298. The van der Waals surface area contributed by atoms with Gasteiger partial charge in [0.25, 0.3) is 5.91 Å². The van der Waals surface area contributed by atoms with Gasteiger partial charge in [0.2, 0.25) is 0 Å². The second kappa shape index (κ2) is 8.11. The van der Waals surface area contributed by atoms with E-state index in [4.69, 9.17) is 5.26 Å². The largest absolute Gasteiger partial charge is 0.340 e. The monoisotopic (exact) mass is 357 g/mol. The number of benzene rings is 2. The Hall–Kier alpha value is -3.72. The molecule has 3 rings (SSSR count). The van der Waals surface area contributed by atoms with Crippen molar-refractivity contribution in [3.63, 3.8) is 0 Å². The molecular formula is C21H19N5O. The van der Waals surface area contributed by atoms with Gasteiger partial charge in [-0.25, -0.2) is 9.97 Å². The Kier molecular flexibility index (Phi) is 5.43. The number of amides is 1. The van der Waals surface area contributed by atoms with Crippen molar-refractivity contribution < 1.29 is 4.79 Å². The highest BCUT2D eigenvalue weighted by atomic mass is 16.1. The molecule has 1 amide bonds. The molecule has 0 saturated heterocycles. The maximum Gasteiger partial charge on any atom is 0.274 e. The molecule has 2 aromatic carbocycles. The molecule has 6 nitrogen and oxygen atoms in total. The summed E-state index contributed by atoms with van der Waals surface area (Å²) < 4.78 is 0. The molecule has 6 heteroatoms. The van der Waals surface area contributed by atoms with E-state index in [9.17, 15) is 4.79 Å². The second-order valence-electron chi connectivity index (χ2n) is 6.30. The standard InChI is InChI=1S/C21H19N5O/c1-14(2)17-5-3-4-6-18(17)26-21(27)19-11-20(24-13-23-19)25-16-9-7-15(12-22)8-10-16/h3-11,13-14H,1-2H3,(H,26,27)(H,23,24,25). The molecule has 0 atom stereocenters. The van der Waals surface area contributed by atoms with E-state index in [2.05, 4.69) is 40.5 Å². The summed E-state index contributed by atoms with van der Waals surface area (Å²) in [6.07, 6.45) is 1.34. The van der Waals surface area contributed by atoms with Gasteiger partial charge in [0, 0.05) is 17.4 Å². The first kappa shape index (κ1) is 18.1. The summed E-state index contributed by atoms with van der Waals surface area (Å²) in [5.74, 6) is 0.492. The van der Waals surface area contributed by atoms with Gasteiger partial charge >= 0.3 is 0 Å². The van der Waals surface area contributed by atoms with Gasteiger partial charge in [0.05, 0.1) is 11.6 Å². The minimum Gasteiger partial charge on any atom is -0.340 e. The predicted octanol–water partition coefficient (Wildman–Crippen LogP) is 4.47. The van der Waals surface area contributed by atoms with Gasteiger partial charge in [0.1, 0.15) is 17.8 Å². The minimum absolute atomic E-state index is 0.264. The highest BCUT2D eigenvalue weighted by Crippen LogP contribution is 2.24. The van der Waals surface area contributed by atoms with Gasteiger partial charge in [-0.2, -0.15) is 5.26 Å². The van der Waals surface area contributed by atoms with Crippen molar-refractivity contribution in [2.75, 3.05) is 10.6 Å². The lowest BCUT2D eigenvalue weighted by atomic mass is 10.0. The van der Waals surface area contributed by atoms with Crippen LogP contribution < -0.4 is 10.6 Å². The van der Waals surface area contributed by atoms with Gasteiger partial charge in [0.15, 0.2) is 0 Å². The average molecular weight is 357 g/mol. The number of hydrogen-bond acceptors (Lipinski definition) is 5. The van der Waals surface area contributed by atoms with Crippen molar-refractivity contribution in [1.82, 2.24) is 9.97 Å². The number of nitrogens with zero attached hydrogens (tertiary/aromatic N) is 3. The van der Waals surface area contributed by atoms with E-state index >= 15 is 0 Å². The van der Waals surface area contributed by atoms with Crippen LogP contribution >= 0.6 is 0 Å². The molecule has 0 fully saturated rings. The first-order valence-corrected chi connectivity index (χ1v) is 8.56. The number of hydrogen-bond donors (Lipinski definition) is 2. The number of nitriles is 1. The Morgan fingerprint density at radius 1 is 1.07 bits per heavy atom. The van der Waals surface area contributed by atoms with Gasteiger partial charge in [-0.3, -0.25) is 4.79 Å². The molecular weight excluding hydrogens is 338 g/mol. The maximum atomic E-state index is 12.6. The first-order chi connectivity index (χ1) is 13.1. The quantitative estimate of drug-likeness (QED) is 0.703. The number of nitrogens with one attached hydrogen (secondary N) is 2. The van der Waals surface area contributed by atoms with E-state index in [1.807, 2.05) is 24.3 Å². The molecule has 0 saturated carbocycles. The molecule has 3 aromatic rings. The lowest BCUT2D eigenvalue weighted by molar-refractivity contribution is 0.102. The summed E-state index contributed by atoms with van der Waals surface area (Å²) in [5, 5.41) is 14.9. The Morgan fingerprint density at radius 2 is 1.81 bits per heavy atom. The fraction of sp³-hybridized carbons (Fsp3) is 0.143. The fourth-order valence-corrected chi connectivity index (χ4v) is 2.63.